The van der Waals surface area contributed by atoms with Crippen molar-refractivity contribution in [1.29, 1.82) is 5.26 Å². The van der Waals surface area contributed by atoms with Crippen molar-refractivity contribution in [3.05, 3.63) is 58.5 Å². The lowest BCUT2D eigenvalue weighted by Gasteiger charge is -2.31. The minimum Gasteiger partial charge on any atom is -0.352 e. The highest BCUT2D eigenvalue weighted by atomic mass is 15.2. The SMILES string of the molecule is Cc1[nH]ncc1-c1nc2c(c(N3CCc4ccccc4C3)n1)CN(C#N)C2. The molecule has 2 aliphatic heterocycles. The standard InChI is InChI=1S/C20H19N7/c1-13-16(8-22-25-13)19-23-18-11-26(12-21)10-17(18)20(24-19)27-7-6-14-4-2-3-5-15(14)9-27/h2-5,8H,6-7,9-11H2,1H3,(H,22,25). The number of nitriles is 1. The second kappa shape index (κ2) is 6.09. The Morgan fingerprint density at radius 2 is 1.96 bits per heavy atom. The molecule has 2 aromatic heterocycles. The summed E-state index contributed by atoms with van der Waals surface area (Å²) < 4.78 is 0. The zero-order chi connectivity index (χ0) is 18.4. The van der Waals surface area contributed by atoms with Crippen LogP contribution in [0, 0.1) is 18.4 Å². The van der Waals surface area contributed by atoms with E-state index in [2.05, 4.69) is 45.6 Å². The van der Waals surface area contributed by atoms with Gasteiger partial charge in [0.2, 0.25) is 0 Å². The maximum absolute atomic E-state index is 9.37. The quantitative estimate of drug-likeness (QED) is 0.710. The minimum atomic E-state index is 0.537. The van der Waals surface area contributed by atoms with E-state index >= 15 is 0 Å². The van der Waals surface area contributed by atoms with Crippen LogP contribution in [0.2, 0.25) is 0 Å². The third-order valence-corrected chi connectivity index (χ3v) is 5.40. The number of aromatic nitrogens is 4. The first-order chi connectivity index (χ1) is 13.2. The zero-order valence-electron chi connectivity index (χ0n) is 15.1. The van der Waals surface area contributed by atoms with Gasteiger partial charge in [-0.3, -0.25) is 5.10 Å². The smallest absolute Gasteiger partial charge is 0.180 e. The molecule has 1 N–H and O–H groups in total. The number of anilines is 1. The Labute approximate surface area is 157 Å². The van der Waals surface area contributed by atoms with Crippen LogP contribution in [0.4, 0.5) is 5.82 Å². The van der Waals surface area contributed by atoms with Gasteiger partial charge in [0, 0.05) is 24.3 Å². The molecule has 0 aliphatic carbocycles. The van der Waals surface area contributed by atoms with Crippen molar-refractivity contribution in [2.45, 2.75) is 33.0 Å². The lowest BCUT2D eigenvalue weighted by molar-refractivity contribution is 0.415. The van der Waals surface area contributed by atoms with Gasteiger partial charge in [0.15, 0.2) is 12.0 Å². The molecule has 5 rings (SSSR count). The van der Waals surface area contributed by atoms with Crippen molar-refractivity contribution < 1.29 is 0 Å². The molecule has 0 saturated carbocycles. The van der Waals surface area contributed by atoms with Crippen molar-refractivity contribution in [2.24, 2.45) is 0 Å². The summed E-state index contributed by atoms with van der Waals surface area (Å²) in [5, 5.41) is 16.4. The highest BCUT2D eigenvalue weighted by Gasteiger charge is 2.29. The number of hydrogen-bond donors (Lipinski definition) is 1. The summed E-state index contributed by atoms with van der Waals surface area (Å²) in [7, 11) is 0. The van der Waals surface area contributed by atoms with Crippen LogP contribution in [0.3, 0.4) is 0 Å². The number of H-pyrrole nitrogens is 1. The lowest BCUT2D eigenvalue weighted by Crippen LogP contribution is -2.32. The third kappa shape index (κ3) is 2.61. The number of fused-ring (bicyclic) bond motifs is 2. The van der Waals surface area contributed by atoms with Crippen LogP contribution in [0.25, 0.3) is 11.4 Å². The Hall–Kier alpha value is -3.40. The number of aromatic amines is 1. The molecule has 27 heavy (non-hydrogen) atoms. The fourth-order valence-corrected chi connectivity index (χ4v) is 3.94. The van der Waals surface area contributed by atoms with Gasteiger partial charge in [-0.15, -0.1) is 0 Å². The topological polar surface area (TPSA) is 84.7 Å². The number of benzene rings is 1. The second-order valence-corrected chi connectivity index (χ2v) is 7.10. The number of rotatable bonds is 2. The van der Waals surface area contributed by atoms with Crippen molar-refractivity contribution in [3.8, 4) is 17.6 Å². The molecule has 0 fully saturated rings. The van der Waals surface area contributed by atoms with E-state index in [1.54, 1.807) is 11.1 Å². The molecule has 7 nitrogen and oxygen atoms in total. The number of aryl methyl sites for hydroxylation is 1. The largest absolute Gasteiger partial charge is 0.352 e. The van der Waals surface area contributed by atoms with Gasteiger partial charge in [0.25, 0.3) is 0 Å². The van der Waals surface area contributed by atoms with Crippen molar-refractivity contribution in [3.63, 3.8) is 0 Å². The monoisotopic (exact) mass is 357 g/mol. The van der Waals surface area contributed by atoms with E-state index in [-0.39, 0.29) is 0 Å². The van der Waals surface area contributed by atoms with Crippen LogP contribution >= 0.6 is 0 Å². The van der Waals surface area contributed by atoms with E-state index < -0.39 is 0 Å². The Morgan fingerprint density at radius 3 is 2.74 bits per heavy atom. The van der Waals surface area contributed by atoms with E-state index in [9.17, 15) is 5.26 Å². The van der Waals surface area contributed by atoms with E-state index in [4.69, 9.17) is 9.97 Å². The summed E-state index contributed by atoms with van der Waals surface area (Å²) >= 11 is 0. The third-order valence-electron chi connectivity index (χ3n) is 5.40. The number of nitrogens with one attached hydrogen (secondary N) is 1. The summed E-state index contributed by atoms with van der Waals surface area (Å²) in [6.45, 7) is 4.82. The van der Waals surface area contributed by atoms with Gasteiger partial charge >= 0.3 is 0 Å². The average molecular weight is 357 g/mol. The van der Waals surface area contributed by atoms with E-state index in [0.717, 1.165) is 47.8 Å². The summed E-state index contributed by atoms with van der Waals surface area (Å²) in [5.74, 6) is 1.62. The van der Waals surface area contributed by atoms with Crippen LogP contribution in [0.1, 0.15) is 28.1 Å². The summed E-state index contributed by atoms with van der Waals surface area (Å²) in [4.78, 5) is 13.7. The molecule has 7 heteroatoms. The van der Waals surface area contributed by atoms with Crippen molar-refractivity contribution in [2.75, 3.05) is 11.4 Å². The molecule has 0 spiro atoms. The van der Waals surface area contributed by atoms with Crippen LogP contribution in [0.15, 0.2) is 30.5 Å². The summed E-state index contributed by atoms with van der Waals surface area (Å²) in [6, 6.07) is 8.58. The van der Waals surface area contributed by atoms with Gasteiger partial charge in [0.05, 0.1) is 30.5 Å². The van der Waals surface area contributed by atoms with Crippen LogP contribution in [-0.4, -0.2) is 31.6 Å². The Balaban J connectivity index is 1.61. The molecule has 0 unspecified atom stereocenters. The highest BCUT2D eigenvalue weighted by Crippen LogP contribution is 2.34. The maximum atomic E-state index is 9.37. The van der Waals surface area contributed by atoms with E-state index in [1.165, 1.54) is 11.1 Å². The van der Waals surface area contributed by atoms with Crippen LogP contribution in [0.5, 0.6) is 0 Å². The zero-order valence-corrected chi connectivity index (χ0v) is 15.1. The summed E-state index contributed by atoms with van der Waals surface area (Å²) in [5.41, 5.74) is 6.61. The van der Waals surface area contributed by atoms with Gasteiger partial charge in [-0.1, -0.05) is 24.3 Å². The molecule has 134 valence electrons. The van der Waals surface area contributed by atoms with Crippen molar-refractivity contribution >= 4 is 5.82 Å². The maximum Gasteiger partial charge on any atom is 0.180 e. The fraction of sp³-hybridized carbons (Fsp3) is 0.300. The van der Waals surface area contributed by atoms with Gasteiger partial charge in [-0.25, -0.2) is 9.97 Å². The molecule has 0 atom stereocenters. The first-order valence-corrected chi connectivity index (χ1v) is 9.09. The highest BCUT2D eigenvalue weighted by molar-refractivity contribution is 5.63. The Morgan fingerprint density at radius 1 is 1.11 bits per heavy atom. The molecule has 4 heterocycles. The molecule has 1 aromatic carbocycles. The summed E-state index contributed by atoms with van der Waals surface area (Å²) in [6.07, 6.45) is 5.01. The first kappa shape index (κ1) is 15.8. The van der Waals surface area contributed by atoms with Gasteiger partial charge in [0.1, 0.15) is 5.82 Å². The van der Waals surface area contributed by atoms with Gasteiger partial charge < -0.3 is 9.80 Å². The average Bonchev–Trinajstić information content (AvgIpc) is 3.32. The normalized spacial score (nSPS) is 15.4. The second-order valence-electron chi connectivity index (χ2n) is 7.10. The van der Waals surface area contributed by atoms with E-state index in [1.807, 2.05) is 6.92 Å². The van der Waals surface area contributed by atoms with Crippen molar-refractivity contribution in [1.82, 2.24) is 25.1 Å². The minimum absolute atomic E-state index is 0.537. The first-order valence-electron chi connectivity index (χ1n) is 9.09. The molecular weight excluding hydrogens is 338 g/mol. The van der Waals surface area contributed by atoms with Gasteiger partial charge in [-0.2, -0.15) is 10.4 Å². The molecule has 0 radical (unpaired) electrons. The van der Waals surface area contributed by atoms with Gasteiger partial charge in [-0.05, 0) is 24.5 Å². The van der Waals surface area contributed by atoms with Crippen LogP contribution < -0.4 is 4.90 Å². The molecule has 0 amide bonds. The fourth-order valence-electron chi connectivity index (χ4n) is 3.94. The number of nitrogens with zero attached hydrogens (tertiary/aromatic N) is 6. The predicted octanol–water partition coefficient (Wildman–Crippen LogP) is 2.53. The molecule has 2 aliphatic rings. The van der Waals surface area contributed by atoms with Crippen LogP contribution in [-0.2, 0) is 26.1 Å². The predicted molar refractivity (Wildman–Crippen MR) is 100 cm³/mol. The molecule has 3 aromatic rings. The molecule has 0 saturated heterocycles. The van der Waals surface area contributed by atoms with E-state index in [0.29, 0.717) is 18.9 Å². The molecule has 0 bridgehead atoms. The Bertz CT molecular complexity index is 1060. The lowest BCUT2D eigenvalue weighted by atomic mass is 9.99. The Kier molecular flexibility index (Phi) is 3.57. The molecular formula is C20H19N7. The number of hydrogen-bond acceptors (Lipinski definition) is 6.